The van der Waals surface area contributed by atoms with Crippen LogP contribution in [0.4, 0.5) is 4.39 Å². The van der Waals surface area contributed by atoms with Gasteiger partial charge < -0.3 is 20.2 Å². The van der Waals surface area contributed by atoms with E-state index in [4.69, 9.17) is 0 Å². The maximum atomic E-state index is 13.5. The zero-order chi connectivity index (χ0) is 19.1. The highest BCUT2D eigenvalue weighted by Crippen LogP contribution is 2.19. The first-order chi connectivity index (χ1) is 13.2. The van der Waals surface area contributed by atoms with Gasteiger partial charge in [-0.1, -0.05) is 6.92 Å². The molecule has 3 aromatic rings. The van der Waals surface area contributed by atoms with Crippen molar-refractivity contribution >= 4 is 16.9 Å². The molecule has 0 unspecified atom stereocenters. The predicted octanol–water partition coefficient (Wildman–Crippen LogP) is 2.26. The zero-order valence-corrected chi connectivity index (χ0v) is 15.8. The number of guanidine groups is 1. The van der Waals surface area contributed by atoms with Crippen molar-refractivity contribution in [2.75, 3.05) is 19.6 Å². The maximum Gasteiger partial charge on any atom is 0.191 e. The van der Waals surface area contributed by atoms with Crippen LogP contribution in [-0.2, 0) is 19.4 Å². The third-order valence-electron chi connectivity index (χ3n) is 4.38. The first-order valence-electron chi connectivity index (χ1n) is 9.35. The van der Waals surface area contributed by atoms with Gasteiger partial charge in [-0.15, -0.1) is 10.2 Å². The Morgan fingerprint density at radius 3 is 3.00 bits per heavy atom. The highest BCUT2D eigenvalue weighted by atomic mass is 19.1. The van der Waals surface area contributed by atoms with E-state index in [1.807, 2.05) is 17.7 Å². The van der Waals surface area contributed by atoms with Crippen LogP contribution in [0, 0.1) is 5.82 Å². The molecule has 2 heterocycles. The molecule has 144 valence electrons. The van der Waals surface area contributed by atoms with Gasteiger partial charge >= 0.3 is 0 Å². The van der Waals surface area contributed by atoms with E-state index in [0.717, 1.165) is 60.7 Å². The highest BCUT2D eigenvalue weighted by molar-refractivity contribution is 5.83. The van der Waals surface area contributed by atoms with E-state index >= 15 is 0 Å². The van der Waals surface area contributed by atoms with Gasteiger partial charge in [0, 0.05) is 49.7 Å². The van der Waals surface area contributed by atoms with Gasteiger partial charge in [0.25, 0.3) is 0 Å². The molecule has 0 radical (unpaired) electrons. The molecular weight excluding hydrogens is 345 g/mol. The summed E-state index contributed by atoms with van der Waals surface area (Å²) in [5.74, 6) is 1.53. The van der Waals surface area contributed by atoms with Crippen molar-refractivity contribution in [1.82, 2.24) is 30.4 Å². The van der Waals surface area contributed by atoms with E-state index in [9.17, 15) is 4.39 Å². The number of halogens is 1. The third kappa shape index (κ3) is 4.84. The molecule has 0 amide bonds. The summed E-state index contributed by atoms with van der Waals surface area (Å²) < 4.78 is 15.5. The minimum absolute atomic E-state index is 0.220. The highest BCUT2D eigenvalue weighted by Gasteiger charge is 2.05. The van der Waals surface area contributed by atoms with Crippen LogP contribution in [-0.4, -0.2) is 45.3 Å². The first-order valence-corrected chi connectivity index (χ1v) is 9.35. The Kier molecular flexibility index (Phi) is 6.40. The van der Waals surface area contributed by atoms with E-state index in [2.05, 4.69) is 37.7 Å². The molecule has 8 heteroatoms. The Morgan fingerprint density at radius 2 is 2.19 bits per heavy atom. The van der Waals surface area contributed by atoms with Crippen LogP contribution < -0.4 is 10.6 Å². The number of H-pyrrole nitrogens is 1. The smallest absolute Gasteiger partial charge is 0.191 e. The number of rotatable bonds is 8. The number of nitrogens with one attached hydrogen (secondary N) is 3. The Morgan fingerprint density at radius 1 is 1.30 bits per heavy atom. The lowest BCUT2D eigenvalue weighted by Gasteiger charge is -2.12. The normalized spacial score (nSPS) is 11.9. The summed E-state index contributed by atoms with van der Waals surface area (Å²) in [5, 5.41) is 15.5. The second kappa shape index (κ2) is 9.16. The van der Waals surface area contributed by atoms with E-state index in [1.165, 1.54) is 6.07 Å². The molecule has 3 N–H and O–H groups in total. The number of hydrogen-bond acceptors (Lipinski definition) is 3. The molecule has 0 aliphatic carbocycles. The van der Waals surface area contributed by atoms with Crippen LogP contribution in [0.3, 0.4) is 0 Å². The zero-order valence-electron chi connectivity index (χ0n) is 15.8. The van der Waals surface area contributed by atoms with Gasteiger partial charge in [-0.3, -0.25) is 4.99 Å². The number of fused-ring (bicyclic) bond motifs is 1. The fourth-order valence-electron chi connectivity index (χ4n) is 3.02. The van der Waals surface area contributed by atoms with Gasteiger partial charge in [0.2, 0.25) is 0 Å². The fraction of sp³-hybridized carbons (Fsp3) is 0.421. The molecule has 2 aromatic heterocycles. The quantitative estimate of drug-likeness (QED) is 0.419. The summed E-state index contributed by atoms with van der Waals surface area (Å²) in [6, 6.07) is 4.80. The van der Waals surface area contributed by atoms with Crippen LogP contribution in [0.1, 0.15) is 25.2 Å². The molecular formula is C19H26FN7. The summed E-state index contributed by atoms with van der Waals surface area (Å²) in [6.07, 6.45) is 5.28. The molecule has 27 heavy (non-hydrogen) atoms. The summed E-state index contributed by atoms with van der Waals surface area (Å²) in [4.78, 5) is 7.80. The third-order valence-corrected chi connectivity index (χ3v) is 4.38. The van der Waals surface area contributed by atoms with E-state index in [0.29, 0.717) is 6.54 Å². The summed E-state index contributed by atoms with van der Waals surface area (Å²) >= 11 is 0. The van der Waals surface area contributed by atoms with E-state index in [1.54, 1.807) is 18.5 Å². The lowest BCUT2D eigenvalue weighted by atomic mass is 10.1. The first kappa shape index (κ1) is 18.9. The molecule has 3 rings (SSSR count). The van der Waals surface area contributed by atoms with Crippen LogP contribution in [0.25, 0.3) is 10.9 Å². The van der Waals surface area contributed by atoms with Crippen LogP contribution in [0.15, 0.2) is 35.7 Å². The summed E-state index contributed by atoms with van der Waals surface area (Å²) in [5.41, 5.74) is 2.02. The SMILES string of the molecule is CCNC(=NCCc1c[nH]c2ccc(F)cc12)NCCn1cnnc1CC. The second-order valence-electron chi connectivity index (χ2n) is 6.24. The number of aliphatic imine (C=N–C) groups is 1. The monoisotopic (exact) mass is 371 g/mol. The summed E-state index contributed by atoms with van der Waals surface area (Å²) in [6.45, 7) is 7.02. The molecule has 7 nitrogen and oxygen atoms in total. The number of aromatic amines is 1. The van der Waals surface area contributed by atoms with Gasteiger partial charge in [0.1, 0.15) is 18.0 Å². The van der Waals surface area contributed by atoms with Gasteiger partial charge in [-0.2, -0.15) is 0 Å². The molecule has 0 bridgehead atoms. The van der Waals surface area contributed by atoms with Crippen LogP contribution in [0.2, 0.25) is 0 Å². The average Bonchev–Trinajstić information content (AvgIpc) is 3.28. The number of aryl methyl sites for hydroxylation is 1. The summed E-state index contributed by atoms with van der Waals surface area (Å²) in [7, 11) is 0. The minimum Gasteiger partial charge on any atom is -0.361 e. The average molecular weight is 371 g/mol. The van der Waals surface area contributed by atoms with E-state index < -0.39 is 0 Å². The molecule has 0 saturated carbocycles. The number of hydrogen-bond donors (Lipinski definition) is 3. The Labute approximate surface area is 158 Å². The van der Waals surface area contributed by atoms with E-state index in [-0.39, 0.29) is 5.82 Å². The van der Waals surface area contributed by atoms with Crippen molar-refractivity contribution in [3.63, 3.8) is 0 Å². The molecule has 0 atom stereocenters. The van der Waals surface area contributed by atoms with Gasteiger partial charge in [-0.25, -0.2) is 4.39 Å². The predicted molar refractivity (Wildman–Crippen MR) is 105 cm³/mol. The topological polar surface area (TPSA) is 82.9 Å². The lowest BCUT2D eigenvalue weighted by Crippen LogP contribution is -2.39. The Hall–Kier alpha value is -2.90. The van der Waals surface area contributed by atoms with Gasteiger partial charge in [0.15, 0.2) is 5.96 Å². The van der Waals surface area contributed by atoms with Crippen molar-refractivity contribution in [2.24, 2.45) is 4.99 Å². The van der Waals surface area contributed by atoms with Crippen molar-refractivity contribution in [3.8, 4) is 0 Å². The Bertz CT molecular complexity index is 896. The molecule has 0 aliphatic heterocycles. The number of aromatic nitrogens is 4. The molecule has 0 spiro atoms. The molecule has 0 fully saturated rings. The second-order valence-corrected chi connectivity index (χ2v) is 6.24. The maximum absolute atomic E-state index is 13.5. The lowest BCUT2D eigenvalue weighted by molar-refractivity contribution is 0.629. The standard InChI is InChI=1S/C19H26FN7/c1-3-18-26-25-13-27(18)10-9-23-19(21-4-2)22-8-7-14-12-24-17-6-5-15(20)11-16(14)17/h5-6,11-13,24H,3-4,7-10H2,1-2H3,(H2,21,22,23). The number of nitrogens with zero attached hydrogens (tertiary/aromatic N) is 4. The van der Waals surface area contributed by atoms with Crippen LogP contribution in [0.5, 0.6) is 0 Å². The molecule has 0 aliphatic rings. The van der Waals surface area contributed by atoms with Crippen LogP contribution >= 0.6 is 0 Å². The Balaban J connectivity index is 1.56. The number of benzene rings is 1. The van der Waals surface area contributed by atoms with Crippen molar-refractivity contribution < 1.29 is 4.39 Å². The van der Waals surface area contributed by atoms with Crippen molar-refractivity contribution in [1.29, 1.82) is 0 Å². The van der Waals surface area contributed by atoms with Gasteiger partial charge in [0.05, 0.1) is 0 Å². The van der Waals surface area contributed by atoms with Crippen molar-refractivity contribution in [2.45, 2.75) is 33.2 Å². The van der Waals surface area contributed by atoms with Crippen molar-refractivity contribution in [3.05, 3.63) is 47.9 Å². The largest absolute Gasteiger partial charge is 0.361 e. The minimum atomic E-state index is -0.220. The molecule has 1 aromatic carbocycles. The van der Waals surface area contributed by atoms with Gasteiger partial charge in [-0.05, 0) is 37.1 Å². The molecule has 0 saturated heterocycles. The fourth-order valence-corrected chi connectivity index (χ4v) is 3.02.